The van der Waals surface area contributed by atoms with Crippen LogP contribution in [-0.4, -0.2) is 16.1 Å². The van der Waals surface area contributed by atoms with E-state index in [2.05, 4.69) is 4.98 Å². The summed E-state index contributed by atoms with van der Waals surface area (Å²) in [5.74, 6) is -1.11. The molecule has 3 nitrogen and oxygen atoms in total. The highest BCUT2D eigenvalue weighted by Crippen LogP contribution is 2.26. The molecule has 6 heteroatoms. The maximum absolute atomic E-state index is 13.6. The molecule has 0 aliphatic heterocycles. The van der Waals surface area contributed by atoms with E-state index in [9.17, 15) is 9.18 Å². The third kappa shape index (κ3) is 3.68. The second kappa shape index (κ2) is 6.04. The molecule has 0 bridgehead atoms. The van der Waals surface area contributed by atoms with Crippen molar-refractivity contribution < 1.29 is 14.3 Å². The van der Waals surface area contributed by atoms with E-state index in [1.807, 2.05) is 0 Å². The maximum Gasteiger partial charge on any atom is 0.335 e. The summed E-state index contributed by atoms with van der Waals surface area (Å²) in [6, 6.07) is 8.89. The number of hydrogen-bond acceptors (Lipinski definition) is 3. The zero-order chi connectivity index (χ0) is 13.8. The van der Waals surface area contributed by atoms with Crippen LogP contribution in [0, 0.1) is 5.82 Å². The molecule has 1 heterocycles. The number of nitrogens with zero attached hydrogens (tertiary/aromatic N) is 1. The molecule has 98 valence electrons. The van der Waals surface area contributed by atoms with Gasteiger partial charge in [-0.05, 0) is 30.3 Å². The fourth-order valence-corrected chi connectivity index (χ4v) is 2.49. The Morgan fingerprint density at radius 2 is 2.16 bits per heavy atom. The van der Waals surface area contributed by atoms with E-state index in [4.69, 9.17) is 16.7 Å². The van der Waals surface area contributed by atoms with Crippen molar-refractivity contribution >= 4 is 29.3 Å². The molecule has 0 unspecified atom stereocenters. The van der Waals surface area contributed by atoms with Crippen LogP contribution in [-0.2, 0) is 5.75 Å². The number of halogens is 2. The van der Waals surface area contributed by atoms with E-state index in [-0.39, 0.29) is 10.5 Å². The van der Waals surface area contributed by atoms with Crippen LogP contribution >= 0.6 is 23.4 Å². The van der Waals surface area contributed by atoms with Gasteiger partial charge in [0, 0.05) is 10.6 Å². The molecule has 0 aliphatic carbocycles. The van der Waals surface area contributed by atoms with Crippen LogP contribution in [0.3, 0.4) is 0 Å². The van der Waals surface area contributed by atoms with Gasteiger partial charge in [-0.3, -0.25) is 0 Å². The van der Waals surface area contributed by atoms with E-state index >= 15 is 0 Å². The van der Waals surface area contributed by atoms with Crippen molar-refractivity contribution in [3.05, 3.63) is 58.6 Å². The van der Waals surface area contributed by atoms with Gasteiger partial charge < -0.3 is 5.11 Å². The van der Waals surface area contributed by atoms with Gasteiger partial charge in [0.05, 0.1) is 11.3 Å². The normalized spacial score (nSPS) is 10.4. The van der Waals surface area contributed by atoms with Crippen LogP contribution in [0.1, 0.15) is 16.1 Å². The number of carboxylic acid groups (broad SMARTS) is 1. The zero-order valence-electron chi connectivity index (χ0n) is 9.64. The van der Waals surface area contributed by atoms with E-state index in [1.165, 1.54) is 23.9 Å². The van der Waals surface area contributed by atoms with Crippen LogP contribution < -0.4 is 0 Å². The number of thioether (sulfide) groups is 1. The predicted octanol–water partition coefficient (Wildman–Crippen LogP) is 3.86. The number of aromatic nitrogens is 1. The molecule has 2 rings (SSSR count). The van der Waals surface area contributed by atoms with Crippen LogP contribution in [0.15, 0.2) is 41.3 Å². The van der Waals surface area contributed by atoms with Gasteiger partial charge >= 0.3 is 5.97 Å². The molecule has 0 saturated heterocycles. The lowest BCUT2D eigenvalue weighted by Gasteiger charge is -2.04. The summed E-state index contributed by atoms with van der Waals surface area (Å²) in [4.78, 5) is 15.2. The Balaban J connectivity index is 2.15. The summed E-state index contributed by atoms with van der Waals surface area (Å²) in [7, 11) is 0. The molecule has 2 aromatic rings. The van der Waals surface area contributed by atoms with Gasteiger partial charge in [0.15, 0.2) is 0 Å². The van der Waals surface area contributed by atoms with E-state index in [0.29, 0.717) is 16.6 Å². The molecule has 1 N–H and O–H groups in total. The summed E-state index contributed by atoms with van der Waals surface area (Å²) >= 11 is 6.93. The second-order valence-corrected chi connectivity index (χ2v) is 5.10. The topological polar surface area (TPSA) is 50.2 Å². The molecule has 0 atom stereocenters. The van der Waals surface area contributed by atoms with E-state index in [0.717, 1.165) is 6.07 Å². The first-order valence-corrected chi connectivity index (χ1v) is 6.69. The molecular formula is C13H9ClFNO2S. The maximum atomic E-state index is 13.6. The number of benzene rings is 1. The van der Waals surface area contributed by atoms with Gasteiger partial charge in [0.2, 0.25) is 0 Å². The van der Waals surface area contributed by atoms with E-state index < -0.39 is 11.8 Å². The molecule has 0 amide bonds. The minimum Gasteiger partial charge on any atom is -0.478 e. The third-order valence-corrected chi connectivity index (χ3v) is 3.60. The lowest BCUT2D eigenvalue weighted by atomic mass is 10.2. The Hall–Kier alpha value is -1.59. The molecule has 0 saturated carbocycles. The van der Waals surface area contributed by atoms with Crippen molar-refractivity contribution in [2.45, 2.75) is 10.6 Å². The first-order chi connectivity index (χ1) is 9.06. The van der Waals surface area contributed by atoms with Gasteiger partial charge in [-0.25, -0.2) is 14.2 Å². The zero-order valence-corrected chi connectivity index (χ0v) is 11.2. The molecule has 1 aromatic carbocycles. The molecule has 0 aliphatic rings. The number of rotatable bonds is 4. The lowest BCUT2D eigenvalue weighted by molar-refractivity contribution is 0.0696. The number of carbonyl (C=O) groups is 1. The van der Waals surface area contributed by atoms with Crippen molar-refractivity contribution in [3.8, 4) is 0 Å². The fraction of sp³-hybridized carbons (Fsp3) is 0.0769. The van der Waals surface area contributed by atoms with E-state index in [1.54, 1.807) is 18.2 Å². The minimum atomic E-state index is -1.08. The van der Waals surface area contributed by atoms with Crippen LogP contribution in [0.5, 0.6) is 0 Å². The minimum absolute atomic E-state index is 0.0583. The number of aromatic carboxylic acids is 1. The average molecular weight is 298 g/mol. The first kappa shape index (κ1) is 13.8. The van der Waals surface area contributed by atoms with Crippen LogP contribution in [0.25, 0.3) is 0 Å². The number of carboxylic acids is 1. The lowest BCUT2D eigenvalue weighted by Crippen LogP contribution is -1.97. The first-order valence-electron chi connectivity index (χ1n) is 5.33. The Bertz CT molecular complexity index is 621. The standard InChI is InChI=1S/C13H9ClFNO2S/c14-12-3-1-2-9(16-12)7-19-11-6-8(13(17)18)4-5-10(11)15/h1-6H,7H2,(H,17,18). The second-order valence-electron chi connectivity index (χ2n) is 3.69. The predicted molar refractivity (Wildman–Crippen MR) is 72.2 cm³/mol. The summed E-state index contributed by atoms with van der Waals surface area (Å²) in [5, 5.41) is 9.23. The molecule has 19 heavy (non-hydrogen) atoms. The molecular weight excluding hydrogens is 289 g/mol. The Morgan fingerprint density at radius 1 is 1.37 bits per heavy atom. The molecule has 0 fully saturated rings. The summed E-state index contributed by atoms with van der Waals surface area (Å²) < 4.78 is 13.6. The van der Waals surface area contributed by atoms with Crippen molar-refractivity contribution in [1.29, 1.82) is 0 Å². The third-order valence-electron chi connectivity index (χ3n) is 2.33. The largest absolute Gasteiger partial charge is 0.478 e. The van der Waals surface area contributed by atoms with Crippen molar-refractivity contribution in [3.63, 3.8) is 0 Å². The highest BCUT2D eigenvalue weighted by Gasteiger charge is 2.09. The SMILES string of the molecule is O=C(O)c1ccc(F)c(SCc2cccc(Cl)n2)c1. The summed E-state index contributed by atoms with van der Waals surface area (Å²) in [6.45, 7) is 0. The number of pyridine rings is 1. The van der Waals surface area contributed by atoms with Crippen LogP contribution in [0.4, 0.5) is 4.39 Å². The van der Waals surface area contributed by atoms with Crippen molar-refractivity contribution in [2.24, 2.45) is 0 Å². The smallest absolute Gasteiger partial charge is 0.335 e. The highest BCUT2D eigenvalue weighted by atomic mass is 35.5. The van der Waals surface area contributed by atoms with Gasteiger partial charge in [-0.1, -0.05) is 17.7 Å². The Morgan fingerprint density at radius 3 is 2.84 bits per heavy atom. The van der Waals surface area contributed by atoms with Crippen LogP contribution in [0.2, 0.25) is 5.15 Å². The monoisotopic (exact) mass is 297 g/mol. The van der Waals surface area contributed by atoms with Gasteiger partial charge in [-0.2, -0.15) is 0 Å². The molecule has 0 spiro atoms. The Kier molecular flexibility index (Phi) is 4.39. The number of hydrogen-bond donors (Lipinski definition) is 1. The highest BCUT2D eigenvalue weighted by molar-refractivity contribution is 7.98. The quantitative estimate of drug-likeness (QED) is 0.687. The Labute approximate surface area is 118 Å². The summed E-state index contributed by atoms with van der Waals surface area (Å²) in [6.07, 6.45) is 0. The van der Waals surface area contributed by atoms with Gasteiger partial charge in [-0.15, -0.1) is 11.8 Å². The fourth-order valence-electron chi connectivity index (χ4n) is 1.43. The summed E-state index contributed by atoms with van der Waals surface area (Å²) in [5.41, 5.74) is 0.764. The van der Waals surface area contributed by atoms with Crippen molar-refractivity contribution in [1.82, 2.24) is 4.98 Å². The molecule has 1 aromatic heterocycles. The molecule has 0 radical (unpaired) electrons. The van der Waals surface area contributed by atoms with Crippen molar-refractivity contribution in [2.75, 3.05) is 0 Å². The van der Waals surface area contributed by atoms with Gasteiger partial charge in [0.25, 0.3) is 0 Å². The van der Waals surface area contributed by atoms with Gasteiger partial charge in [0.1, 0.15) is 11.0 Å². The average Bonchev–Trinajstić information content (AvgIpc) is 2.37.